The summed E-state index contributed by atoms with van der Waals surface area (Å²) >= 11 is 0. The molecule has 3 aromatic rings. The van der Waals surface area contributed by atoms with Crippen LogP contribution < -0.4 is 4.90 Å². The number of aromatic hydroxyl groups is 1. The van der Waals surface area contributed by atoms with E-state index in [-0.39, 0.29) is 5.91 Å². The highest BCUT2D eigenvalue weighted by molar-refractivity contribution is 5.96. The number of nitrogens with zero attached hydrogens (tertiary/aromatic N) is 4. The van der Waals surface area contributed by atoms with Gasteiger partial charge in [0.15, 0.2) is 0 Å². The standard InChI is InChI=1S/C27H32N4O3/c32-23-9-7-21(8-10-23)29-19-17-28(18-20-29)13-4-14-30-15-12-25(33)26-24(27(30)34)11-16-31(26)22-5-2-1-3-6-22/h1-3,5-11,16,25,32-33H,4,12-15,17-20H2. The summed E-state index contributed by atoms with van der Waals surface area (Å²) in [5.74, 6) is 0.306. The first-order valence-corrected chi connectivity index (χ1v) is 12.1. The number of piperazine rings is 1. The van der Waals surface area contributed by atoms with Crippen molar-refractivity contribution >= 4 is 11.6 Å². The second kappa shape index (κ2) is 9.91. The normalized spacial score (nSPS) is 19.2. The number of fused-ring (bicyclic) bond motifs is 1. The SMILES string of the molecule is O=C1c2ccn(-c3ccccc3)c2C(O)CCN1CCCN1CCN(c2ccc(O)cc2)CC1. The van der Waals surface area contributed by atoms with E-state index in [9.17, 15) is 15.0 Å². The van der Waals surface area contributed by atoms with Crippen molar-refractivity contribution in [2.45, 2.75) is 18.9 Å². The Kier molecular flexibility index (Phi) is 6.56. The molecule has 2 aliphatic heterocycles. The summed E-state index contributed by atoms with van der Waals surface area (Å²) in [6.45, 7) is 6.09. The van der Waals surface area contributed by atoms with Crippen molar-refractivity contribution < 1.29 is 15.0 Å². The van der Waals surface area contributed by atoms with E-state index < -0.39 is 6.10 Å². The molecule has 34 heavy (non-hydrogen) atoms. The maximum atomic E-state index is 13.3. The summed E-state index contributed by atoms with van der Waals surface area (Å²) in [5.41, 5.74) is 3.40. The van der Waals surface area contributed by atoms with E-state index >= 15 is 0 Å². The van der Waals surface area contributed by atoms with Crippen LogP contribution in [0.1, 0.15) is 35.0 Å². The first-order chi connectivity index (χ1) is 16.6. The highest BCUT2D eigenvalue weighted by Crippen LogP contribution is 2.30. The van der Waals surface area contributed by atoms with Gasteiger partial charge in [-0.25, -0.2) is 0 Å². The minimum absolute atomic E-state index is 0.0124. The number of carbonyl (C=O) groups excluding carboxylic acids is 1. The van der Waals surface area contributed by atoms with Gasteiger partial charge in [0.05, 0.1) is 17.4 Å². The summed E-state index contributed by atoms with van der Waals surface area (Å²) in [5, 5.41) is 20.3. The number of phenolic OH excluding ortho intramolecular Hbond substituents is 1. The van der Waals surface area contributed by atoms with Gasteiger partial charge in [-0.05, 0) is 61.9 Å². The number of aromatic nitrogens is 1. The van der Waals surface area contributed by atoms with E-state index in [0.29, 0.717) is 36.5 Å². The predicted molar refractivity (Wildman–Crippen MR) is 133 cm³/mol. The van der Waals surface area contributed by atoms with E-state index in [2.05, 4.69) is 9.80 Å². The fourth-order valence-electron chi connectivity index (χ4n) is 5.06. The van der Waals surface area contributed by atoms with Crippen LogP contribution >= 0.6 is 0 Å². The molecule has 2 aliphatic rings. The summed E-state index contributed by atoms with van der Waals surface area (Å²) in [6, 6.07) is 19.1. The average Bonchev–Trinajstić information content (AvgIpc) is 3.28. The molecule has 1 atom stereocenters. The quantitative estimate of drug-likeness (QED) is 0.591. The second-order valence-corrected chi connectivity index (χ2v) is 9.12. The minimum atomic E-state index is -0.660. The molecule has 1 aromatic heterocycles. The van der Waals surface area contributed by atoms with Crippen LogP contribution in [-0.4, -0.2) is 76.3 Å². The fourth-order valence-corrected chi connectivity index (χ4v) is 5.06. The molecule has 1 unspecified atom stereocenters. The molecule has 3 heterocycles. The number of para-hydroxylation sites is 1. The number of phenols is 1. The Balaban J connectivity index is 1.16. The number of aliphatic hydroxyl groups excluding tert-OH is 1. The third-order valence-corrected chi connectivity index (χ3v) is 6.96. The van der Waals surface area contributed by atoms with Crippen LogP contribution in [0.5, 0.6) is 5.75 Å². The van der Waals surface area contributed by atoms with Gasteiger partial charge in [-0.3, -0.25) is 9.69 Å². The lowest BCUT2D eigenvalue weighted by Gasteiger charge is -2.36. The van der Waals surface area contributed by atoms with Crippen molar-refractivity contribution in [3.05, 3.63) is 78.1 Å². The van der Waals surface area contributed by atoms with E-state index in [1.165, 1.54) is 0 Å². The first kappa shape index (κ1) is 22.5. The van der Waals surface area contributed by atoms with Crippen molar-refractivity contribution in [2.75, 3.05) is 50.7 Å². The molecule has 1 saturated heterocycles. The Bertz CT molecular complexity index is 1100. The average molecular weight is 461 g/mol. The Morgan fingerprint density at radius 1 is 0.824 bits per heavy atom. The molecule has 0 bridgehead atoms. The number of hydrogen-bond donors (Lipinski definition) is 2. The lowest BCUT2D eigenvalue weighted by Crippen LogP contribution is -2.47. The highest BCUT2D eigenvalue weighted by Gasteiger charge is 2.30. The van der Waals surface area contributed by atoms with Crippen LogP contribution in [0.2, 0.25) is 0 Å². The summed E-state index contributed by atoms with van der Waals surface area (Å²) in [7, 11) is 0. The zero-order valence-corrected chi connectivity index (χ0v) is 19.4. The van der Waals surface area contributed by atoms with Crippen LogP contribution in [0.3, 0.4) is 0 Å². The van der Waals surface area contributed by atoms with Gasteiger partial charge in [0, 0.05) is 56.8 Å². The van der Waals surface area contributed by atoms with Crippen LogP contribution in [0.25, 0.3) is 5.69 Å². The molecule has 5 rings (SSSR count). The molecule has 0 saturated carbocycles. The van der Waals surface area contributed by atoms with Gasteiger partial charge in [-0.2, -0.15) is 0 Å². The molecule has 0 spiro atoms. The summed E-state index contributed by atoms with van der Waals surface area (Å²) in [4.78, 5) is 20.0. The molecule has 178 valence electrons. The first-order valence-electron chi connectivity index (χ1n) is 12.1. The van der Waals surface area contributed by atoms with E-state index in [1.54, 1.807) is 12.1 Å². The number of carbonyl (C=O) groups is 1. The molecule has 0 radical (unpaired) electrons. The Labute approximate surface area is 200 Å². The van der Waals surface area contributed by atoms with Gasteiger partial charge in [0.2, 0.25) is 0 Å². The van der Waals surface area contributed by atoms with E-state index in [4.69, 9.17) is 0 Å². The topological polar surface area (TPSA) is 72.2 Å². The monoisotopic (exact) mass is 460 g/mol. The van der Waals surface area contributed by atoms with Gasteiger partial charge in [0.25, 0.3) is 5.91 Å². The third kappa shape index (κ3) is 4.67. The Morgan fingerprint density at radius 3 is 2.29 bits per heavy atom. The smallest absolute Gasteiger partial charge is 0.255 e. The number of hydrogen-bond acceptors (Lipinski definition) is 5. The van der Waals surface area contributed by atoms with Crippen molar-refractivity contribution in [1.82, 2.24) is 14.4 Å². The molecule has 7 nitrogen and oxygen atoms in total. The van der Waals surface area contributed by atoms with Gasteiger partial charge >= 0.3 is 0 Å². The van der Waals surface area contributed by atoms with Gasteiger partial charge < -0.3 is 24.6 Å². The molecule has 2 N–H and O–H groups in total. The number of benzene rings is 2. The Hall–Kier alpha value is -3.29. The number of rotatable bonds is 6. The number of amides is 1. The van der Waals surface area contributed by atoms with Crippen LogP contribution in [-0.2, 0) is 0 Å². The van der Waals surface area contributed by atoms with Gasteiger partial charge in [0.1, 0.15) is 5.75 Å². The van der Waals surface area contributed by atoms with Crippen molar-refractivity contribution in [3.8, 4) is 11.4 Å². The fraction of sp³-hybridized carbons (Fsp3) is 0.370. The molecule has 1 fully saturated rings. The van der Waals surface area contributed by atoms with Gasteiger partial charge in [-0.1, -0.05) is 18.2 Å². The lowest BCUT2D eigenvalue weighted by atomic mass is 10.1. The maximum absolute atomic E-state index is 13.3. The number of anilines is 1. The Morgan fingerprint density at radius 2 is 1.56 bits per heavy atom. The number of aliphatic hydroxyl groups is 1. The van der Waals surface area contributed by atoms with Crippen molar-refractivity contribution in [2.24, 2.45) is 0 Å². The molecular weight excluding hydrogens is 428 g/mol. The zero-order valence-electron chi connectivity index (χ0n) is 19.4. The second-order valence-electron chi connectivity index (χ2n) is 9.12. The highest BCUT2D eigenvalue weighted by atomic mass is 16.3. The van der Waals surface area contributed by atoms with Crippen molar-refractivity contribution in [3.63, 3.8) is 0 Å². The predicted octanol–water partition coefficient (Wildman–Crippen LogP) is 3.27. The van der Waals surface area contributed by atoms with Crippen LogP contribution in [0.15, 0.2) is 66.9 Å². The molecular formula is C27H32N4O3. The minimum Gasteiger partial charge on any atom is -0.508 e. The summed E-state index contributed by atoms with van der Waals surface area (Å²) in [6.07, 6.45) is 2.68. The largest absolute Gasteiger partial charge is 0.508 e. The van der Waals surface area contributed by atoms with Crippen LogP contribution in [0, 0.1) is 0 Å². The van der Waals surface area contributed by atoms with E-state index in [1.807, 2.05) is 64.2 Å². The third-order valence-electron chi connectivity index (χ3n) is 6.96. The van der Waals surface area contributed by atoms with Gasteiger partial charge in [-0.15, -0.1) is 0 Å². The van der Waals surface area contributed by atoms with Crippen molar-refractivity contribution in [1.29, 1.82) is 0 Å². The lowest BCUT2D eigenvalue weighted by molar-refractivity contribution is 0.0738. The maximum Gasteiger partial charge on any atom is 0.255 e. The molecule has 1 amide bonds. The van der Waals surface area contributed by atoms with Crippen LogP contribution in [0.4, 0.5) is 5.69 Å². The summed E-state index contributed by atoms with van der Waals surface area (Å²) < 4.78 is 1.94. The van der Waals surface area contributed by atoms with E-state index in [0.717, 1.165) is 50.5 Å². The molecule has 0 aliphatic carbocycles. The molecule has 2 aromatic carbocycles. The zero-order chi connectivity index (χ0) is 23.5. The molecule has 7 heteroatoms.